The SMILES string of the molecule is CC(NS(=O)(=O)c1cnn(C)c1)c1ccc(N)cc1. The van der Waals surface area contributed by atoms with E-state index in [0.29, 0.717) is 5.69 Å². The minimum absolute atomic E-state index is 0.150. The van der Waals surface area contributed by atoms with Crippen molar-refractivity contribution in [3.63, 3.8) is 0 Å². The second kappa shape index (κ2) is 5.02. The van der Waals surface area contributed by atoms with Gasteiger partial charge in [0.2, 0.25) is 10.0 Å². The number of benzene rings is 1. The summed E-state index contributed by atoms with van der Waals surface area (Å²) in [4.78, 5) is 0.150. The van der Waals surface area contributed by atoms with Crippen LogP contribution in [0, 0.1) is 0 Å². The van der Waals surface area contributed by atoms with Gasteiger partial charge in [-0.25, -0.2) is 13.1 Å². The van der Waals surface area contributed by atoms with Crippen molar-refractivity contribution in [2.45, 2.75) is 17.9 Å². The number of rotatable bonds is 4. The predicted octanol–water partition coefficient (Wildman–Crippen LogP) is 1.04. The van der Waals surface area contributed by atoms with E-state index in [9.17, 15) is 8.42 Å². The Hall–Kier alpha value is -1.86. The summed E-state index contributed by atoms with van der Waals surface area (Å²) < 4.78 is 28.3. The molecule has 0 amide bonds. The fraction of sp³-hybridized carbons (Fsp3) is 0.250. The smallest absolute Gasteiger partial charge is 0.244 e. The summed E-state index contributed by atoms with van der Waals surface area (Å²) in [5, 5.41) is 3.86. The van der Waals surface area contributed by atoms with Crippen molar-refractivity contribution >= 4 is 15.7 Å². The molecular formula is C12H16N4O2S. The van der Waals surface area contributed by atoms with E-state index in [1.165, 1.54) is 17.1 Å². The number of nitrogens with two attached hydrogens (primary N) is 1. The van der Waals surface area contributed by atoms with Gasteiger partial charge in [0.1, 0.15) is 4.90 Å². The second-order valence-electron chi connectivity index (χ2n) is 4.36. The summed E-state index contributed by atoms with van der Waals surface area (Å²) in [5.74, 6) is 0. The Balaban J connectivity index is 2.18. The number of nitrogens with zero attached hydrogens (tertiary/aromatic N) is 2. The quantitative estimate of drug-likeness (QED) is 0.819. The van der Waals surface area contributed by atoms with Crippen LogP contribution in [0.3, 0.4) is 0 Å². The fourth-order valence-corrected chi connectivity index (χ4v) is 2.91. The first kappa shape index (κ1) is 13.6. The third kappa shape index (κ3) is 3.12. The molecule has 1 aromatic carbocycles. The Bertz CT molecular complexity index is 661. The van der Waals surface area contributed by atoms with E-state index < -0.39 is 10.0 Å². The van der Waals surface area contributed by atoms with Crippen LogP contribution >= 0.6 is 0 Å². The molecule has 1 heterocycles. The largest absolute Gasteiger partial charge is 0.399 e. The number of hydrogen-bond acceptors (Lipinski definition) is 4. The van der Waals surface area contributed by atoms with Gasteiger partial charge in [-0.05, 0) is 24.6 Å². The van der Waals surface area contributed by atoms with E-state index in [1.807, 2.05) is 0 Å². The van der Waals surface area contributed by atoms with E-state index >= 15 is 0 Å². The molecule has 3 N–H and O–H groups in total. The highest BCUT2D eigenvalue weighted by molar-refractivity contribution is 7.89. The van der Waals surface area contributed by atoms with E-state index in [2.05, 4.69) is 9.82 Å². The Morgan fingerprint density at radius 2 is 1.95 bits per heavy atom. The number of sulfonamides is 1. The molecule has 7 heteroatoms. The van der Waals surface area contributed by atoms with E-state index in [-0.39, 0.29) is 10.9 Å². The molecule has 0 aliphatic carbocycles. The van der Waals surface area contributed by atoms with Gasteiger partial charge in [0.25, 0.3) is 0 Å². The summed E-state index contributed by atoms with van der Waals surface area (Å²) in [5.41, 5.74) is 7.09. The Kier molecular flexibility index (Phi) is 3.59. The van der Waals surface area contributed by atoms with Crippen molar-refractivity contribution < 1.29 is 8.42 Å². The van der Waals surface area contributed by atoms with Crippen molar-refractivity contribution in [1.29, 1.82) is 0 Å². The lowest BCUT2D eigenvalue weighted by Crippen LogP contribution is -2.26. The zero-order valence-corrected chi connectivity index (χ0v) is 11.6. The van der Waals surface area contributed by atoms with Crippen molar-refractivity contribution in [1.82, 2.24) is 14.5 Å². The Labute approximate surface area is 112 Å². The van der Waals surface area contributed by atoms with Gasteiger partial charge in [-0.1, -0.05) is 12.1 Å². The summed E-state index contributed by atoms with van der Waals surface area (Å²) in [6.07, 6.45) is 2.77. The molecule has 0 spiro atoms. The number of aryl methyl sites for hydroxylation is 1. The maximum absolute atomic E-state index is 12.1. The molecule has 0 fully saturated rings. The number of nitrogen functional groups attached to an aromatic ring is 1. The van der Waals surface area contributed by atoms with Crippen LogP contribution in [-0.2, 0) is 17.1 Å². The number of anilines is 1. The molecule has 102 valence electrons. The zero-order valence-electron chi connectivity index (χ0n) is 10.7. The highest BCUT2D eigenvalue weighted by Gasteiger charge is 2.19. The standard InChI is InChI=1S/C12H16N4O2S/c1-9(10-3-5-11(13)6-4-10)15-19(17,18)12-7-14-16(2)8-12/h3-9,15H,13H2,1-2H3. The van der Waals surface area contributed by atoms with E-state index in [0.717, 1.165) is 5.56 Å². The van der Waals surface area contributed by atoms with Crippen molar-refractivity contribution in [2.24, 2.45) is 7.05 Å². The van der Waals surface area contributed by atoms with Gasteiger partial charge in [-0.3, -0.25) is 4.68 Å². The first-order chi connectivity index (χ1) is 8.88. The molecule has 0 aliphatic rings. The fourth-order valence-electron chi connectivity index (χ4n) is 1.69. The Morgan fingerprint density at radius 1 is 1.32 bits per heavy atom. The topological polar surface area (TPSA) is 90.0 Å². The number of hydrogen-bond donors (Lipinski definition) is 2. The van der Waals surface area contributed by atoms with Crippen LogP contribution in [0.1, 0.15) is 18.5 Å². The van der Waals surface area contributed by atoms with Crippen molar-refractivity contribution in [3.05, 3.63) is 42.2 Å². The van der Waals surface area contributed by atoms with Gasteiger partial charge >= 0.3 is 0 Å². The highest BCUT2D eigenvalue weighted by atomic mass is 32.2. The molecule has 0 saturated carbocycles. The van der Waals surface area contributed by atoms with E-state index in [4.69, 9.17) is 5.73 Å². The van der Waals surface area contributed by atoms with Gasteiger partial charge in [0.15, 0.2) is 0 Å². The molecular weight excluding hydrogens is 264 g/mol. The normalized spacial score (nSPS) is 13.4. The van der Waals surface area contributed by atoms with Crippen molar-refractivity contribution in [3.8, 4) is 0 Å². The summed E-state index contributed by atoms with van der Waals surface area (Å²) >= 11 is 0. The molecule has 2 aromatic rings. The number of aromatic nitrogens is 2. The lowest BCUT2D eigenvalue weighted by Gasteiger charge is -2.13. The maximum Gasteiger partial charge on any atom is 0.244 e. The Morgan fingerprint density at radius 3 is 2.47 bits per heavy atom. The second-order valence-corrected chi connectivity index (χ2v) is 6.07. The van der Waals surface area contributed by atoms with Gasteiger partial charge < -0.3 is 5.73 Å². The van der Waals surface area contributed by atoms with Crippen LogP contribution in [0.25, 0.3) is 0 Å². The minimum Gasteiger partial charge on any atom is -0.399 e. The molecule has 0 saturated heterocycles. The summed E-state index contributed by atoms with van der Waals surface area (Å²) in [6.45, 7) is 1.78. The number of nitrogens with one attached hydrogen (secondary N) is 1. The lowest BCUT2D eigenvalue weighted by atomic mass is 10.1. The summed E-state index contributed by atoms with van der Waals surface area (Å²) in [6, 6.07) is 6.73. The highest BCUT2D eigenvalue weighted by Crippen LogP contribution is 2.17. The van der Waals surface area contributed by atoms with Gasteiger partial charge in [-0.2, -0.15) is 5.10 Å². The molecule has 0 aliphatic heterocycles. The molecule has 0 radical (unpaired) electrons. The average molecular weight is 280 g/mol. The van der Waals surface area contributed by atoms with Gasteiger partial charge in [0, 0.05) is 25.0 Å². The molecule has 6 nitrogen and oxygen atoms in total. The summed E-state index contributed by atoms with van der Waals surface area (Å²) in [7, 11) is -1.89. The maximum atomic E-state index is 12.1. The third-order valence-corrected chi connectivity index (χ3v) is 4.26. The molecule has 19 heavy (non-hydrogen) atoms. The van der Waals surface area contributed by atoms with Crippen LogP contribution in [-0.4, -0.2) is 18.2 Å². The van der Waals surface area contributed by atoms with Crippen LogP contribution in [0.5, 0.6) is 0 Å². The molecule has 1 atom stereocenters. The molecule has 0 bridgehead atoms. The molecule has 2 rings (SSSR count). The zero-order chi connectivity index (χ0) is 14.0. The first-order valence-electron chi connectivity index (χ1n) is 5.75. The molecule has 1 unspecified atom stereocenters. The van der Waals surface area contributed by atoms with E-state index in [1.54, 1.807) is 38.2 Å². The van der Waals surface area contributed by atoms with Crippen LogP contribution < -0.4 is 10.5 Å². The minimum atomic E-state index is -3.56. The lowest BCUT2D eigenvalue weighted by molar-refractivity contribution is 0.567. The van der Waals surface area contributed by atoms with Crippen LogP contribution in [0.4, 0.5) is 5.69 Å². The third-order valence-electron chi connectivity index (χ3n) is 2.76. The average Bonchev–Trinajstić information content (AvgIpc) is 2.77. The monoisotopic (exact) mass is 280 g/mol. The predicted molar refractivity (Wildman–Crippen MR) is 72.8 cm³/mol. The van der Waals surface area contributed by atoms with Gasteiger partial charge in [-0.15, -0.1) is 0 Å². The first-order valence-corrected chi connectivity index (χ1v) is 7.23. The van der Waals surface area contributed by atoms with Gasteiger partial charge in [0.05, 0.1) is 6.20 Å². The van der Waals surface area contributed by atoms with Crippen LogP contribution in [0.2, 0.25) is 0 Å². The molecule has 1 aromatic heterocycles. The van der Waals surface area contributed by atoms with Crippen molar-refractivity contribution in [2.75, 3.05) is 5.73 Å². The van der Waals surface area contributed by atoms with Crippen LogP contribution in [0.15, 0.2) is 41.6 Å².